The maximum atomic E-state index is 6.18. The van der Waals surface area contributed by atoms with Crippen molar-refractivity contribution >= 4 is 21.4 Å². The van der Waals surface area contributed by atoms with E-state index in [4.69, 9.17) is 16.4 Å². The van der Waals surface area contributed by atoms with Crippen molar-refractivity contribution in [3.05, 3.63) is 89.5 Å². The lowest BCUT2D eigenvalue weighted by molar-refractivity contribution is 0.299. The third-order valence-corrected chi connectivity index (χ3v) is 5.72. The summed E-state index contributed by atoms with van der Waals surface area (Å²) in [6.07, 6.45) is 1.88. The van der Waals surface area contributed by atoms with Gasteiger partial charge in [-0.1, -0.05) is 48.5 Å². The largest absolute Gasteiger partial charge is 1.20 e. The molecule has 0 saturated heterocycles. The summed E-state index contributed by atoms with van der Waals surface area (Å²) in [6.45, 7) is 0. The van der Waals surface area contributed by atoms with Crippen molar-refractivity contribution in [2.24, 2.45) is 4.99 Å². The summed E-state index contributed by atoms with van der Waals surface area (Å²) in [6, 6.07) is 23.6. The van der Waals surface area contributed by atoms with Crippen LogP contribution in [0.1, 0.15) is 22.7 Å². The summed E-state index contributed by atoms with van der Waals surface area (Å²) >= 11 is -2.48. The van der Waals surface area contributed by atoms with Crippen LogP contribution in [0.25, 0.3) is 0 Å². The van der Waals surface area contributed by atoms with Crippen LogP contribution in [0.3, 0.4) is 0 Å². The third-order valence-electron chi connectivity index (χ3n) is 4.38. The third kappa shape index (κ3) is 2.58. The van der Waals surface area contributed by atoms with Crippen LogP contribution in [0.4, 0.5) is 0 Å². The fraction of sp³-hybridized carbons (Fsp3) is 0.0500. The van der Waals surface area contributed by atoms with Crippen LogP contribution in [0.15, 0.2) is 77.8 Å². The lowest BCUT2D eigenvalue weighted by Crippen LogP contribution is -2.39. The molecule has 3 aromatic rings. The first-order chi connectivity index (χ1) is 12.4. The second-order valence-electron chi connectivity index (χ2n) is 5.94. The molecule has 0 saturated carbocycles. The molecule has 3 aliphatic rings. The van der Waals surface area contributed by atoms with Gasteiger partial charge in [-0.2, -0.15) is 0 Å². The Labute approximate surface area is 150 Å². The molecule has 2 bridgehead atoms. The van der Waals surface area contributed by atoms with Gasteiger partial charge < -0.3 is 11.4 Å². The Morgan fingerprint density at radius 1 is 0.640 bits per heavy atom. The van der Waals surface area contributed by atoms with Crippen molar-refractivity contribution < 1.29 is 11.4 Å². The Bertz CT molecular complexity index is 923. The van der Waals surface area contributed by atoms with Gasteiger partial charge in [0.05, 0.1) is 17.2 Å². The van der Waals surface area contributed by atoms with Gasteiger partial charge in [-0.05, 0) is 24.3 Å². The second-order valence-corrected chi connectivity index (χ2v) is 7.22. The highest BCUT2D eigenvalue weighted by molar-refractivity contribution is 6.40. The van der Waals surface area contributed by atoms with E-state index < -0.39 is 15.1 Å². The van der Waals surface area contributed by atoms with Crippen molar-refractivity contribution in [1.29, 1.82) is 0 Å². The van der Waals surface area contributed by atoms with Gasteiger partial charge in [0, 0.05) is 22.9 Å². The van der Waals surface area contributed by atoms with E-state index >= 15 is 0 Å². The van der Waals surface area contributed by atoms with Crippen molar-refractivity contribution in [1.82, 2.24) is 0 Å². The summed E-state index contributed by atoms with van der Waals surface area (Å²) in [5.74, 6) is 2.28. The van der Waals surface area contributed by atoms with Gasteiger partial charge in [0.25, 0.3) is 0 Å². The molecule has 6 rings (SSSR count). The minimum absolute atomic E-state index is 0.187. The van der Waals surface area contributed by atoms with Crippen LogP contribution in [-0.4, -0.2) is 21.4 Å². The molecule has 0 aliphatic carbocycles. The standard InChI is InChI=1S/C20H17NO3.Al/c22-17-10-4-1-7-14(17)13-21-20(15-8-2-5-11-18(15)23)16-9-3-6-12-19(16)24;/h1-13,20,22-24H;/q;+3/p-3. The van der Waals surface area contributed by atoms with E-state index in [1.807, 2.05) is 66.9 Å². The number of rotatable bonds is 0. The monoisotopic (exact) mass is 343 g/mol. The summed E-state index contributed by atoms with van der Waals surface area (Å²) < 4.78 is 18.5. The van der Waals surface area contributed by atoms with Gasteiger partial charge in [0.1, 0.15) is 6.04 Å². The van der Waals surface area contributed by atoms with Crippen LogP contribution in [0, 0.1) is 0 Å². The zero-order valence-electron chi connectivity index (χ0n) is 13.3. The molecule has 0 amide bonds. The summed E-state index contributed by atoms with van der Waals surface area (Å²) in [7, 11) is 0. The van der Waals surface area contributed by atoms with E-state index in [2.05, 4.69) is 12.1 Å². The first kappa shape index (κ1) is 14.6. The van der Waals surface area contributed by atoms with Crippen molar-refractivity contribution in [2.75, 3.05) is 0 Å². The fourth-order valence-electron chi connectivity index (χ4n) is 3.19. The second kappa shape index (κ2) is 5.96. The van der Waals surface area contributed by atoms with E-state index in [-0.39, 0.29) is 6.04 Å². The van der Waals surface area contributed by atoms with Gasteiger partial charge in [-0.15, -0.1) is 0 Å². The molecule has 3 aliphatic heterocycles. The van der Waals surface area contributed by atoms with Gasteiger partial charge in [0.15, 0.2) is 0 Å². The minimum Gasteiger partial charge on any atom is -0.577 e. The molecule has 0 atom stereocenters. The molecule has 0 N–H and O–H groups in total. The summed E-state index contributed by atoms with van der Waals surface area (Å²) in [4.78, 5) is 4.87. The fourth-order valence-corrected chi connectivity index (χ4v) is 4.60. The number of para-hydroxylation sites is 3. The van der Waals surface area contributed by atoms with Crippen LogP contribution >= 0.6 is 0 Å². The van der Waals surface area contributed by atoms with E-state index in [1.165, 1.54) is 0 Å². The van der Waals surface area contributed by atoms with Gasteiger partial charge in [0.2, 0.25) is 0 Å². The molecule has 0 radical (unpaired) electrons. The highest BCUT2D eigenvalue weighted by Crippen LogP contribution is 2.40. The molecule has 0 unspecified atom stereocenters. The average Bonchev–Trinajstić information content (AvgIpc) is 2.64. The normalized spacial score (nSPS) is 15.0. The quantitative estimate of drug-likeness (QED) is 0.578. The topological polar surface area (TPSA) is 40.0 Å². The van der Waals surface area contributed by atoms with E-state index in [1.54, 1.807) is 0 Å². The number of nitrogens with zero attached hydrogens (tertiary/aromatic N) is 1. The van der Waals surface area contributed by atoms with E-state index in [0.29, 0.717) is 0 Å². The van der Waals surface area contributed by atoms with Crippen LogP contribution in [0.2, 0.25) is 0 Å². The molecule has 0 aromatic heterocycles. The van der Waals surface area contributed by atoms with Crippen molar-refractivity contribution in [2.45, 2.75) is 6.04 Å². The molecular weight excluding hydrogens is 329 g/mol. The average molecular weight is 343 g/mol. The number of aliphatic imine (C=N–C) groups is 1. The smallest absolute Gasteiger partial charge is 0.577 e. The maximum absolute atomic E-state index is 6.18. The maximum Gasteiger partial charge on any atom is 1.20 e. The Balaban J connectivity index is 1.79. The van der Waals surface area contributed by atoms with Crippen LogP contribution in [-0.2, 0) is 0 Å². The molecule has 0 spiro atoms. The predicted octanol–water partition coefficient (Wildman–Crippen LogP) is 4.04. The highest BCUT2D eigenvalue weighted by atomic mass is 27.3. The molecule has 25 heavy (non-hydrogen) atoms. The van der Waals surface area contributed by atoms with E-state index in [9.17, 15) is 0 Å². The first-order valence-electron chi connectivity index (χ1n) is 8.18. The van der Waals surface area contributed by atoms with Gasteiger partial charge >= 0.3 is 15.1 Å². The predicted molar refractivity (Wildman–Crippen MR) is 96.4 cm³/mol. The molecule has 5 heteroatoms. The summed E-state index contributed by atoms with van der Waals surface area (Å²) in [5.41, 5.74) is 2.97. The molecule has 3 aromatic carbocycles. The number of hydrogen-bond acceptors (Lipinski definition) is 4. The molecule has 0 fully saturated rings. The van der Waals surface area contributed by atoms with Gasteiger partial charge in [-0.3, -0.25) is 4.99 Å². The molecule has 4 nitrogen and oxygen atoms in total. The highest BCUT2D eigenvalue weighted by Gasteiger charge is 2.47. The SMILES string of the molecule is C1=NC2c3ccccc3[O][Al]([O]c3ccccc31)[O]c1ccccc12. The van der Waals surface area contributed by atoms with Crippen LogP contribution in [0.5, 0.6) is 17.2 Å². The summed E-state index contributed by atoms with van der Waals surface area (Å²) in [5, 5.41) is 0. The first-order valence-corrected chi connectivity index (χ1v) is 9.60. The molecular formula is C20H14AlNO3. The number of benzene rings is 3. The van der Waals surface area contributed by atoms with Gasteiger partial charge in [-0.25, -0.2) is 0 Å². The zero-order valence-corrected chi connectivity index (χ0v) is 14.5. The Kier molecular flexibility index (Phi) is 3.48. The molecule has 3 heterocycles. The van der Waals surface area contributed by atoms with Crippen molar-refractivity contribution in [3.63, 3.8) is 0 Å². The lowest BCUT2D eigenvalue weighted by atomic mass is 9.97. The van der Waals surface area contributed by atoms with Crippen LogP contribution < -0.4 is 11.4 Å². The molecule has 120 valence electrons. The Morgan fingerprint density at radius 2 is 1.16 bits per heavy atom. The minimum atomic E-state index is -2.48. The zero-order chi connectivity index (χ0) is 16.6. The lowest BCUT2D eigenvalue weighted by Gasteiger charge is -2.28. The Morgan fingerprint density at radius 3 is 1.84 bits per heavy atom. The van der Waals surface area contributed by atoms with E-state index in [0.717, 1.165) is 33.9 Å². The van der Waals surface area contributed by atoms with Crippen molar-refractivity contribution in [3.8, 4) is 17.2 Å². The Hall–Kier alpha value is -2.74. The number of hydrogen-bond donors (Lipinski definition) is 0.